The number of hydrogen-bond acceptors (Lipinski definition) is 5. The zero-order chi connectivity index (χ0) is 19.8. The Morgan fingerprint density at radius 2 is 1.93 bits per heavy atom. The lowest BCUT2D eigenvalue weighted by Crippen LogP contribution is -2.38. The summed E-state index contributed by atoms with van der Waals surface area (Å²) in [6.45, 7) is 2.12. The molecule has 150 valence electrons. The fraction of sp³-hybridized carbons (Fsp3) is 0.476. The van der Waals surface area contributed by atoms with Gasteiger partial charge < -0.3 is 14.8 Å². The van der Waals surface area contributed by atoms with E-state index < -0.39 is 5.97 Å². The van der Waals surface area contributed by atoms with Gasteiger partial charge in [-0.15, -0.1) is 0 Å². The molecule has 1 aliphatic rings. The van der Waals surface area contributed by atoms with Crippen molar-refractivity contribution in [1.82, 2.24) is 15.1 Å². The molecular weight excluding hydrogens is 358 g/mol. The fourth-order valence-corrected chi connectivity index (χ4v) is 3.25. The average molecular weight is 385 g/mol. The second-order valence-corrected chi connectivity index (χ2v) is 6.95. The molecule has 1 fully saturated rings. The van der Waals surface area contributed by atoms with Crippen molar-refractivity contribution in [3.63, 3.8) is 0 Å². The minimum atomic E-state index is -0.667. The fourth-order valence-electron chi connectivity index (χ4n) is 3.25. The number of carbonyl (C=O) groups excluding carboxylic acids is 2. The Kier molecular flexibility index (Phi) is 7.06. The van der Waals surface area contributed by atoms with Crippen LogP contribution in [0.1, 0.15) is 55.9 Å². The molecule has 7 nitrogen and oxygen atoms in total. The highest BCUT2D eigenvalue weighted by Crippen LogP contribution is 2.21. The number of amides is 1. The van der Waals surface area contributed by atoms with Crippen LogP contribution >= 0.6 is 0 Å². The van der Waals surface area contributed by atoms with Gasteiger partial charge in [0.05, 0.1) is 18.5 Å². The van der Waals surface area contributed by atoms with E-state index in [4.69, 9.17) is 9.47 Å². The zero-order valence-corrected chi connectivity index (χ0v) is 16.2. The molecule has 1 amide bonds. The van der Waals surface area contributed by atoms with E-state index in [2.05, 4.69) is 10.4 Å². The normalized spacial score (nSPS) is 14.5. The number of benzene rings is 1. The topological polar surface area (TPSA) is 82.5 Å². The summed E-state index contributed by atoms with van der Waals surface area (Å²) in [7, 11) is 0. The Morgan fingerprint density at radius 1 is 1.18 bits per heavy atom. The van der Waals surface area contributed by atoms with Gasteiger partial charge in [0, 0.05) is 6.04 Å². The maximum atomic E-state index is 12.5. The molecule has 1 saturated carbocycles. The predicted molar refractivity (Wildman–Crippen MR) is 105 cm³/mol. The molecule has 2 aromatic rings. The molecule has 28 heavy (non-hydrogen) atoms. The van der Waals surface area contributed by atoms with Gasteiger partial charge in [-0.3, -0.25) is 4.79 Å². The first-order valence-electron chi connectivity index (χ1n) is 9.91. The van der Waals surface area contributed by atoms with Gasteiger partial charge in [-0.2, -0.15) is 5.10 Å². The maximum Gasteiger partial charge on any atom is 0.363 e. The number of ether oxygens (including phenoxy) is 2. The van der Waals surface area contributed by atoms with Crippen molar-refractivity contribution in [2.24, 2.45) is 0 Å². The van der Waals surface area contributed by atoms with Crippen molar-refractivity contribution >= 4 is 11.9 Å². The van der Waals surface area contributed by atoms with Gasteiger partial charge in [-0.1, -0.05) is 44.4 Å². The van der Waals surface area contributed by atoms with Gasteiger partial charge in [0.15, 0.2) is 12.4 Å². The van der Waals surface area contributed by atoms with E-state index in [1.807, 2.05) is 37.3 Å². The predicted octanol–water partition coefficient (Wildman–Crippen LogP) is 3.27. The van der Waals surface area contributed by atoms with Crippen LogP contribution in [0.25, 0.3) is 5.69 Å². The van der Waals surface area contributed by atoms with Crippen LogP contribution in [0, 0.1) is 0 Å². The monoisotopic (exact) mass is 385 g/mol. The summed E-state index contributed by atoms with van der Waals surface area (Å²) in [5, 5.41) is 7.24. The van der Waals surface area contributed by atoms with E-state index in [0.717, 1.165) is 37.8 Å². The van der Waals surface area contributed by atoms with Crippen LogP contribution in [0.3, 0.4) is 0 Å². The quantitative estimate of drug-likeness (QED) is 0.705. The average Bonchev–Trinajstić information content (AvgIpc) is 3.16. The number of nitrogens with one attached hydrogen (secondary N) is 1. The Bertz CT molecular complexity index is 782. The number of carbonyl (C=O) groups is 2. The van der Waals surface area contributed by atoms with E-state index in [-0.39, 0.29) is 24.2 Å². The van der Waals surface area contributed by atoms with E-state index >= 15 is 0 Å². The third-order valence-electron chi connectivity index (χ3n) is 4.66. The SMILES string of the molecule is CCCOc1cn(-c2ccccc2)nc1C(=O)OCC(=O)NC1CCCCC1. The molecule has 0 aliphatic heterocycles. The molecule has 7 heteroatoms. The Labute approximate surface area is 165 Å². The Balaban J connectivity index is 1.64. The van der Waals surface area contributed by atoms with Gasteiger partial charge in [0.2, 0.25) is 5.69 Å². The third-order valence-corrected chi connectivity index (χ3v) is 4.66. The summed E-state index contributed by atoms with van der Waals surface area (Å²) in [6, 6.07) is 9.61. The molecule has 0 bridgehead atoms. The molecule has 0 spiro atoms. The molecule has 1 aromatic heterocycles. The molecule has 0 radical (unpaired) electrons. The van der Waals surface area contributed by atoms with Crippen LogP contribution in [0.15, 0.2) is 36.5 Å². The van der Waals surface area contributed by atoms with Crippen LogP contribution in [0.5, 0.6) is 5.75 Å². The molecular formula is C21H27N3O4. The largest absolute Gasteiger partial charge is 0.489 e. The van der Waals surface area contributed by atoms with E-state index in [1.54, 1.807) is 10.9 Å². The first kappa shape index (κ1) is 19.9. The van der Waals surface area contributed by atoms with Crippen LogP contribution < -0.4 is 10.1 Å². The number of aromatic nitrogens is 2. The second kappa shape index (κ2) is 9.92. The van der Waals surface area contributed by atoms with Crippen molar-refractivity contribution in [1.29, 1.82) is 0 Å². The number of nitrogens with zero attached hydrogens (tertiary/aromatic N) is 2. The van der Waals surface area contributed by atoms with E-state index in [1.165, 1.54) is 6.42 Å². The first-order valence-corrected chi connectivity index (χ1v) is 9.91. The highest BCUT2D eigenvalue weighted by atomic mass is 16.5. The summed E-state index contributed by atoms with van der Waals surface area (Å²) in [4.78, 5) is 24.6. The third kappa shape index (κ3) is 5.34. The van der Waals surface area contributed by atoms with Crippen LogP contribution in [-0.2, 0) is 9.53 Å². The number of para-hydroxylation sites is 1. The smallest absolute Gasteiger partial charge is 0.363 e. The maximum absolute atomic E-state index is 12.5. The van der Waals surface area contributed by atoms with Crippen molar-refractivity contribution in [2.45, 2.75) is 51.5 Å². The summed E-state index contributed by atoms with van der Waals surface area (Å²) in [5.74, 6) is -0.596. The summed E-state index contributed by atoms with van der Waals surface area (Å²) >= 11 is 0. The van der Waals surface area contributed by atoms with Crippen LogP contribution in [0.2, 0.25) is 0 Å². The standard InChI is InChI=1S/C21H27N3O4/c1-2-13-27-18-14-24(17-11-7-4-8-12-17)23-20(18)21(26)28-15-19(25)22-16-9-5-3-6-10-16/h4,7-8,11-12,14,16H,2-3,5-6,9-10,13,15H2,1H3,(H,22,25). The van der Waals surface area contributed by atoms with Crippen molar-refractivity contribution in [3.8, 4) is 11.4 Å². The molecule has 0 unspecified atom stereocenters. The summed E-state index contributed by atoms with van der Waals surface area (Å²) in [5.41, 5.74) is 0.876. The highest BCUT2D eigenvalue weighted by Gasteiger charge is 2.22. The lowest BCUT2D eigenvalue weighted by molar-refractivity contribution is -0.125. The van der Waals surface area contributed by atoms with Gasteiger partial charge >= 0.3 is 5.97 Å². The Morgan fingerprint density at radius 3 is 2.64 bits per heavy atom. The van der Waals surface area contributed by atoms with Gasteiger partial charge in [-0.25, -0.2) is 9.48 Å². The van der Waals surface area contributed by atoms with Crippen molar-refractivity contribution in [3.05, 3.63) is 42.2 Å². The second-order valence-electron chi connectivity index (χ2n) is 6.95. The van der Waals surface area contributed by atoms with Crippen LogP contribution in [0.4, 0.5) is 0 Å². The number of rotatable bonds is 8. The molecule has 0 saturated heterocycles. The molecule has 3 rings (SSSR count). The van der Waals surface area contributed by atoms with E-state index in [0.29, 0.717) is 12.4 Å². The van der Waals surface area contributed by atoms with Gasteiger partial charge in [-0.05, 0) is 31.4 Å². The first-order chi connectivity index (χ1) is 13.7. The summed E-state index contributed by atoms with van der Waals surface area (Å²) < 4.78 is 12.4. The van der Waals surface area contributed by atoms with E-state index in [9.17, 15) is 9.59 Å². The molecule has 1 aliphatic carbocycles. The lowest BCUT2D eigenvalue weighted by Gasteiger charge is -2.22. The van der Waals surface area contributed by atoms with Gasteiger partial charge in [0.25, 0.3) is 5.91 Å². The molecule has 0 atom stereocenters. The molecule has 1 aromatic carbocycles. The zero-order valence-electron chi connectivity index (χ0n) is 16.2. The van der Waals surface area contributed by atoms with Crippen molar-refractivity contribution < 1.29 is 19.1 Å². The minimum absolute atomic E-state index is 0.0720. The number of hydrogen-bond donors (Lipinski definition) is 1. The summed E-state index contributed by atoms with van der Waals surface area (Å²) in [6.07, 6.45) is 7.89. The molecule has 1 heterocycles. The molecule has 1 N–H and O–H groups in total. The lowest BCUT2D eigenvalue weighted by atomic mass is 9.95. The van der Waals surface area contributed by atoms with Crippen molar-refractivity contribution in [2.75, 3.05) is 13.2 Å². The Hall–Kier alpha value is -2.83. The highest BCUT2D eigenvalue weighted by molar-refractivity contribution is 5.92. The van der Waals surface area contributed by atoms with Crippen LogP contribution in [-0.4, -0.2) is 40.9 Å². The van der Waals surface area contributed by atoms with Gasteiger partial charge in [0.1, 0.15) is 0 Å². The number of esters is 1. The minimum Gasteiger partial charge on any atom is -0.489 e.